The maximum absolute atomic E-state index is 10.5. The van der Waals surface area contributed by atoms with Crippen molar-refractivity contribution in [3.63, 3.8) is 0 Å². The van der Waals surface area contributed by atoms with E-state index in [9.17, 15) is 5.11 Å². The van der Waals surface area contributed by atoms with Gasteiger partial charge in [0.05, 0.1) is 6.10 Å². The number of hydrogen-bond donors (Lipinski definition) is 1. The summed E-state index contributed by atoms with van der Waals surface area (Å²) in [4.78, 5) is 0. The lowest BCUT2D eigenvalue weighted by Crippen LogP contribution is -2.41. The van der Waals surface area contributed by atoms with E-state index in [0.29, 0.717) is 5.92 Å². The first-order valence-corrected chi connectivity index (χ1v) is 6.49. The number of rotatable bonds is 0. The van der Waals surface area contributed by atoms with Crippen LogP contribution in [0.5, 0.6) is 0 Å². The number of aliphatic hydroxyl groups excluding tert-OH is 1. The highest BCUT2D eigenvalue weighted by atomic mass is 16.3. The Morgan fingerprint density at radius 2 is 2.12 bits per heavy atom. The molecule has 3 atom stereocenters. The van der Waals surface area contributed by atoms with Crippen LogP contribution in [0.1, 0.15) is 53.4 Å². The lowest BCUT2D eigenvalue weighted by atomic mass is 9.64. The predicted molar refractivity (Wildman–Crippen MR) is 68.2 cm³/mol. The van der Waals surface area contributed by atoms with Gasteiger partial charge >= 0.3 is 0 Å². The van der Waals surface area contributed by atoms with E-state index in [1.54, 1.807) is 0 Å². The first-order chi connectivity index (χ1) is 7.48. The zero-order valence-corrected chi connectivity index (χ0v) is 11.0. The van der Waals surface area contributed by atoms with Crippen molar-refractivity contribution in [1.29, 1.82) is 0 Å². The van der Waals surface area contributed by atoms with Crippen molar-refractivity contribution in [2.45, 2.75) is 59.5 Å². The van der Waals surface area contributed by atoms with E-state index in [4.69, 9.17) is 0 Å². The summed E-state index contributed by atoms with van der Waals surface area (Å²) in [6, 6.07) is 0. The van der Waals surface area contributed by atoms with Crippen LogP contribution in [0.15, 0.2) is 22.8 Å². The van der Waals surface area contributed by atoms with Crippen LogP contribution in [0.25, 0.3) is 0 Å². The lowest BCUT2D eigenvalue weighted by Gasteiger charge is -2.43. The molecule has 1 saturated carbocycles. The van der Waals surface area contributed by atoms with Crippen LogP contribution in [0, 0.1) is 11.3 Å². The smallest absolute Gasteiger partial charge is 0.0676 e. The second-order valence-corrected chi connectivity index (χ2v) is 5.93. The summed E-state index contributed by atoms with van der Waals surface area (Å²) >= 11 is 0. The second-order valence-electron chi connectivity index (χ2n) is 5.93. The molecule has 0 aliphatic heterocycles. The predicted octanol–water partition coefficient (Wildman–Crippen LogP) is 3.84. The first kappa shape index (κ1) is 11.9. The zero-order chi connectivity index (χ0) is 11.9. The van der Waals surface area contributed by atoms with E-state index in [0.717, 1.165) is 12.8 Å². The summed E-state index contributed by atoms with van der Waals surface area (Å²) < 4.78 is 0. The Kier molecular flexibility index (Phi) is 3.00. The lowest BCUT2D eigenvalue weighted by molar-refractivity contribution is 0.0209. The van der Waals surface area contributed by atoms with E-state index in [-0.39, 0.29) is 11.5 Å². The van der Waals surface area contributed by atoms with Gasteiger partial charge in [-0.15, -0.1) is 0 Å². The van der Waals surface area contributed by atoms with Gasteiger partial charge in [0.1, 0.15) is 0 Å². The molecule has 0 unspecified atom stereocenters. The van der Waals surface area contributed by atoms with E-state index >= 15 is 0 Å². The summed E-state index contributed by atoms with van der Waals surface area (Å²) in [6.45, 7) is 8.85. The Morgan fingerprint density at radius 3 is 2.69 bits per heavy atom. The van der Waals surface area contributed by atoms with Gasteiger partial charge in [-0.25, -0.2) is 0 Å². The fraction of sp³-hybridized carbons (Fsp3) is 0.733. The van der Waals surface area contributed by atoms with Crippen LogP contribution in [-0.4, -0.2) is 11.2 Å². The van der Waals surface area contributed by atoms with Gasteiger partial charge in [0.15, 0.2) is 0 Å². The van der Waals surface area contributed by atoms with Crippen molar-refractivity contribution in [2.24, 2.45) is 11.3 Å². The van der Waals surface area contributed by atoms with Gasteiger partial charge in [-0.2, -0.15) is 0 Å². The van der Waals surface area contributed by atoms with Crippen molar-refractivity contribution in [3.8, 4) is 0 Å². The minimum atomic E-state index is -0.167. The quantitative estimate of drug-likeness (QED) is 0.615. The molecule has 0 aromatic rings. The maximum Gasteiger partial charge on any atom is 0.0676 e. The number of allylic oxidation sites excluding steroid dienone is 2. The van der Waals surface area contributed by atoms with Gasteiger partial charge in [0.2, 0.25) is 0 Å². The Balaban J connectivity index is 2.46. The molecule has 0 amide bonds. The summed E-state index contributed by atoms with van der Waals surface area (Å²) in [5.41, 5.74) is 4.39. The highest BCUT2D eigenvalue weighted by Crippen LogP contribution is 2.56. The molecule has 0 heterocycles. The van der Waals surface area contributed by atoms with Gasteiger partial charge in [0.25, 0.3) is 0 Å². The standard InChI is InChI=1S/C15H24O/c1-10(2)13-6-5-12(4)15(13)8-7-11(3)9-14(15)16/h7,12,14,16H,5-6,8-9H2,1-4H3/t12-,14-,15-/m1/s1. The molecule has 2 rings (SSSR count). The maximum atomic E-state index is 10.5. The molecule has 0 radical (unpaired) electrons. The fourth-order valence-electron chi connectivity index (χ4n) is 3.77. The van der Waals surface area contributed by atoms with Crippen LogP contribution < -0.4 is 0 Å². The van der Waals surface area contributed by atoms with E-state index in [2.05, 4.69) is 33.8 Å². The molecule has 0 saturated heterocycles. The Hall–Kier alpha value is -0.560. The monoisotopic (exact) mass is 220 g/mol. The Labute approximate surface area is 99.3 Å². The third kappa shape index (κ3) is 1.57. The molecule has 16 heavy (non-hydrogen) atoms. The zero-order valence-electron chi connectivity index (χ0n) is 11.0. The first-order valence-electron chi connectivity index (χ1n) is 6.49. The summed E-state index contributed by atoms with van der Waals surface area (Å²) in [7, 11) is 0. The Bertz CT molecular complexity index is 346. The van der Waals surface area contributed by atoms with Crippen molar-refractivity contribution >= 4 is 0 Å². The largest absolute Gasteiger partial charge is 0.392 e. The average molecular weight is 220 g/mol. The molecule has 1 heteroatoms. The highest BCUT2D eigenvalue weighted by molar-refractivity contribution is 5.31. The average Bonchev–Trinajstić information content (AvgIpc) is 2.52. The molecule has 1 N–H and O–H groups in total. The van der Waals surface area contributed by atoms with Gasteiger partial charge in [0, 0.05) is 5.41 Å². The topological polar surface area (TPSA) is 20.2 Å². The molecular weight excluding hydrogens is 196 g/mol. The minimum absolute atomic E-state index is 0.0678. The third-order valence-corrected chi connectivity index (χ3v) is 4.77. The second kappa shape index (κ2) is 4.03. The number of aliphatic hydroxyl groups is 1. The van der Waals surface area contributed by atoms with Crippen molar-refractivity contribution in [1.82, 2.24) is 0 Å². The molecule has 0 bridgehead atoms. The van der Waals surface area contributed by atoms with Gasteiger partial charge in [-0.1, -0.05) is 29.7 Å². The molecule has 1 nitrogen and oxygen atoms in total. The van der Waals surface area contributed by atoms with E-state index < -0.39 is 0 Å². The van der Waals surface area contributed by atoms with Gasteiger partial charge in [-0.3, -0.25) is 0 Å². The molecule has 1 spiro atoms. The highest BCUT2D eigenvalue weighted by Gasteiger charge is 2.50. The van der Waals surface area contributed by atoms with Crippen LogP contribution in [0.2, 0.25) is 0 Å². The normalized spacial score (nSPS) is 39.1. The molecule has 2 aliphatic carbocycles. The summed E-state index contributed by atoms with van der Waals surface area (Å²) in [5, 5.41) is 10.5. The molecule has 0 aromatic carbocycles. The molecule has 90 valence electrons. The Morgan fingerprint density at radius 1 is 1.44 bits per heavy atom. The van der Waals surface area contributed by atoms with Crippen LogP contribution in [0.4, 0.5) is 0 Å². The molecule has 0 aromatic heterocycles. The minimum Gasteiger partial charge on any atom is -0.392 e. The fourth-order valence-corrected chi connectivity index (χ4v) is 3.77. The summed E-state index contributed by atoms with van der Waals surface area (Å²) in [5.74, 6) is 0.622. The van der Waals surface area contributed by atoms with E-state index in [1.807, 2.05) is 0 Å². The van der Waals surface area contributed by atoms with Crippen molar-refractivity contribution in [3.05, 3.63) is 22.8 Å². The van der Waals surface area contributed by atoms with Crippen LogP contribution >= 0.6 is 0 Å². The molecule has 2 aliphatic rings. The molecular formula is C15H24O. The molecule has 1 fully saturated rings. The van der Waals surface area contributed by atoms with Crippen molar-refractivity contribution in [2.75, 3.05) is 0 Å². The number of hydrogen-bond acceptors (Lipinski definition) is 1. The van der Waals surface area contributed by atoms with Gasteiger partial charge in [-0.05, 0) is 52.4 Å². The van der Waals surface area contributed by atoms with E-state index in [1.165, 1.54) is 29.6 Å². The van der Waals surface area contributed by atoms with Crippen LogP contribution in [0.3, 0.4) is 0 Å². The summed E-state index contributed by atoms with van der Waals surface area (Å²) in [6.07, 6.45) is 6.51. The van der Waals surface area contributed by atoms with Gasteiger partial charge < -0.3 is 5.11 Å². The van der Waals surface area contributed by atoms with Crippen molar-refractivity contribution < 1.29 is 5.11 Å². The third-order valence-electron chi connectivity index (χ3n) is 4.77. The van der Waals surface area contributed by atoms with Crippen LogP contribution in [-0.2, 0) is 0 Å². The SMILES string of the molecule is CC1=CC[C@@]2(C(=C(C)C)CC[C@H]2C)[C@H](O)C1.